The van der Waals surface area contributed by atoms with Gasteiger partial charge in [-0.2, -0.15) is 13.2 Å². The van der Waals surface area contributed by atoms with Gasteiger partial charge in [0.25, 0.3) is 5.91 Å². The maximum Gasteiger partial charge on any atom is 0.416 e. The molecule has 0 aliphatic carbocycles. The molecule has 0 atom stereocenters. The summed E-state index contributed by atoms with van der Waals surface area (Å²) in [6.45, 7) is 0.964. The number of amides is 1. The van der Waals surface area contributed by atoms with Gasteiger partial charge in [0.05, 0.1) is 24.3 Å². The third kappa shape index (κ3) is 4.58. The number of rotatable bonds is 6. The normalized spacial score (nSPS) is 15.0. The molecule has 32 heavy (non-hydrogen) atoms. The highest BCUT2D eigenvalue weighted by Gasteiger charge is 2.40. The topological polar surface area (TPSA) is 69.7 Å². The molecule has 1 fully saturated rings. The van der Waals surface area contributed by atoms with Crippen molar-refractivity contribution < 1.29 is 32.2 Å². The predicted molar refractivity (Wildman–Crippen MR) is 110 cm³/mol. The highest BCUT2D eigenvalue weighted by Crippen LogP contribution is 2.34. The quantitative estimate of drug-likeness (QED) is 0.578. The first-order chi connectivity index (χ1) is 15.3. The number of ether oxygens (including phenoxy) is 3. The minimum Gasteiger partial charge on any atom is -0.439 e. The Morgan fingerprint density at radius 3 is 2.41 bits per heavy atom. The molecule has 1 aromatic heterocycles. The summed E-state index contributed by atoms with van der Waals surface area (Å²) in [5, 5.41) is 2.77. The molecular weight excluding hydrogens is 425 g/mol. The van der Waals surface area contributed by atoms with E-state index in [4.69, 9.17) is 14.2 Å². The average molecular weight is 444 g/mol. The number of benzene rings is 2. The highest BCUT2D eigenvalue weighted by atomic mass is 19.4. The summed E-state index contributed by atoms with van der Waals surface area (Å²) >= 11 is 0. The van der Waals surface area contributed by atoms with Crippen molar-refractivity contribution >= 4 is 11.6 Å². The highest BCUT2D eigenvalue weighted by molar-refractivity contribution is 6.04. The Labute approximate surface area is 181 Å². The summed E-state index contributed by atoms with van der Waals surface area (Å²) in [7, 11) is 1.63. The second kappa shape index (κ2) is 8.60. The lowest BCUT2D eigenvalue weighted by Gasteiger charge is -2.40. The summed E-state index contributed by atoms with van der Waals surface area (Å²) in [5.41, 5.74) is 0.558. The molecule has 0 radical (unpaired) electrons. The molecule has 0 unspecified atom stereocenters. The Balaban J connectivity index is 1.39. The van der Waals surface area contributed by atoms with E-state index in [0.717, 1.165) is 17.7 Å². The first-order valence-corrected chi connectivity index (χ1v) is 9.65. The molecule has 0 saturated carbocycles. The van der Waals surface area contributed by atoms with E-state index >= 15 is 0 Å². The van der Waals surface area contributed by atoms with Crippen LogP contribution in [-0.4, -0.2) is 31.2 Å². The number of carbonyl (C=O) groups is 1. The van der Waals surface area contributed by atoms with Crippen LogP contribution in [0.4, 0.5) is 18.9 Å². The Morgan fingerprint density at radius 1 is 1.09 bits per heavy atom. The van der Waals surface area contributed by atoms with Crippen LogP contribution in [0.1, 0.15) is 21.5 Å². The van der Waals surface area contributed by atoms with E-state index in [2.05, 4.69) is 10.3 Å². The molecule has 1 N–H and O–H groups in total. The fourth-order valence-electron chi connectivity index (χ4n) is 3.18. The Hall–Kier alpha value is -3.43. The van der Waals surface area contributed by atoms with E-state index in [1.54, 1.807) is 19.2 Å². The fraction of sp³-hybridized carbons (Fsp3) is 0.217. The van der Waals surface area contributed by atoms with Crippen LogP contribution >= 0.6 is 0 Å². The number of pyridine rings is 1. The standard InChI is InChI=1S/C23H19F3N2O4/c1-30-22(13-31-14-22)16-6-8-18(9-7-16)28-21(29)15-5-10-20(27-12-15)32-19-4-2-3-17(11-19)23(24,25)26/h2-12H,13-14H2,1H3,(H,28,29). The fourth-order valence-corrected chi connectivity index (χ4v) is 3.18. The van der Waals surface area contributed by atoms with Crippen LogP contribution in [0.25, 0.3) is 0 Å². The van der Waals surface area contributed by atoms with Gasteiger partial charge in [0.1, 0.15) is 11.4 Å². The molecule has 2 aromatic carbocycles. The van der Waals surface area contributed by atoms with Crippen LogP contribution in [0.2, 0.25) is 0 Å². The van der Waals surface area contributed by atoms with Gasteiger partial charge in [-0.1, -0.05) is 18.2 Å². The lowest BCUT2D eigenvalue weighted by atomic mass is 9.91. The third-order valence-corrected chi connectivity index (χ3v) is 5.11. The maximum atomic E-state index is 12.8. The van der Waals surface area contributed by atoms with Crippen LogP contribution < -0.4 is 10.1 Å². The number of methoxy groups -OCH3 is 1. The number of hydrogen-bond donors (Lipinski definition) is 1. The summed E-state index contributed by atoms with van der Waals surface area (Å²) in [6.07, 6.45) is -3.18. The molecule has 3 aromatic rings. The number of alkyl halides is 3. The third-order valence-electron chi connectivity index (χ3n) is 5.11. The number of nitrogens with zero attached hydrogens (tertiary/aromatic N) is 1. The van der Waals surface area contributed by atoms with Crippen molar-refractivity contribution in [2.45, 2.75) is 11.8 Å². The lowest BCUT2D eigenvalue weighted by molar-refractivity contribution is -0.202. The predicted octanol–water partition coefficient (Wildman–Crippen LogP) is 5.02. The number of hydrogen-bond acceptors (Lipinski definition) is 5. The molecule has 1 saturated heterocycles. The number of carbonyl (C=O) groups excluding carboxylic acids is 1. The molecule has 1 aliphatic heterocycles. The molecule has 4 rings (SSSR count). The van der Waals surface area contributed by atoms with E-state index in [-0.39, 0.29) is 23.1 Å². The van der Waals surface area contributed by atoms with E-state index in [0.29, 0.717) is 18.9 Å². The first-order valence-electron chi connectivity index (χ1n) is 9.65. The molecule has 1 aliphatic rings. The second-order valence-electron chi connectivity index (χ2n) is 7.24. The number of anilines is 1. The van der Waals surface area contributed by atoms with Crippen LogP contribution in [-0.2, 0) is 21.3 Å². The van der Waals surface area contributed by atoms with Crippen molar-refractivity contribution in [2.24, 2.45) is 0 Å². The zero-order valence-electron chi connectivity index (χ0n) is 17.0. The summed E-state index contributed by atoms with van der Waals surface area (Å²) in [4.78, 5) is 16.5. The molecule has 166 valence electrons. The summed E-state index contributed by atoms with van der Waals surface area (Å²) in [5.74, 6) is -0.322. The maximum absolute atomic E-state index is 12.8. The van der Waals surface area contributed by atoms with Crippen molar-refractivity contribution in [3.8, 4) is 11.6 Å². The summed E-state index contributed by atoms with van der Waals surface area (Å²) < 4.78 is 54.6. The van der Waals surface area contributed by atoms with Crippen LogP contribution in [0.3, 0.4) is 0 Å². The van der Waals surface area contributed by atoms with Gasteiger partial charge < -0.3 is 19.5 Å². The van der Waals surface area contributed by atoms with E-state index in [9.17, 15) is 18.0 Å². The molecular formula is C23H19F3N2O4. The monoisotopic (exact) mass is 444 g/mol. The van der Waals surface area contributed by atoms with E-state index < -0.39 is 17.3 Å². The molecule has 0 bridgehead atoms. The van der Waals surface area contributed by atoms with Crippen molar-refractivity contribution in [1.82, 2.24) is 4.98 Å². The minimum atomic E-state index is -4.47. The van der Waals surface area contributed by atoms with Crippen LogP contribution in [0, 0.1) is 0 Å². The van der Waals surface area contributed by atoms with Gasteiger partial charge in [0.2, 0.25) is 5.88 Å². The Morgan fingerprint density at radius 2 is 1.84 bits per heavy atom. The molecule has 2 heterocycles. The number of halogens is 3. The van der Waals surface area contributed by atoms with Gasteiger partial charge in [-0.05, 0) is 42.0 Å². The summed E-state index contributed by atoms with van der Waals surface area (Å²) in [6, 6.07) is 14.6. The van der Waals surface area contributed by atoms with Crippen molar-refractivity contribution in [3.63, 3.8) is 0 Å². The second-order valence-corrected chi connectivity index (χ2v) is 7.24. The van der Waals surface area contributed by atoms with Crippen LogP contribution in [0.5, 0.6) is 11.6 Å². The zero-order valence-corrected chi connectivity index (χ0v) is 17.0. The van der Waals surface area contributed by atoms with Crippen LogP contribution in [0.15, 0.2) is 66.9 Å². The molecule has 9 heteroatoms. The molecule has 1 amide bonds. The molecule has 6 nitrogen and oxygen atoms in total. The van der Waals surface area contributed by atoms with Gasteiger partial charge in [0.15, 0.2) is 0 Å². The first kappa shape index (κ1) is 21.8. The average Bonchev–Trinajstić information content (AvgIpc) is 2.75. The van der Waals surface area contributed by atoms with E-state index in [1.165, 1.54) is 30.5 Å². The Kier molecular flexibility index (Phi) is 5.86. The van der Waals surface area contributed by atoms with Crippen molar-refractivity contribution in [2.75, 3.05) is 25.6 Å². The number of nitrogens with one attached hydrogen (secondary N) is 1. The minimum absolute atomic E-state index is 0.00434. The van der Waals surface area contributed by atoms with Gasteiger partial charge >= 0.3 is 6.18 Å². The van der Waals surface area contributed by atoms with Crippen molar-refractivity contribution in [1.29, 1.82) is 0 Å². The van der Waals surface area contributed by atoms with E-state index in [1.807, 2.05) is 12.1 Å². The largest absolute Gasteiger partial charge is 0.439 e. The lowest BCUT2D eigenvalue weighted by Crippen LogP contribution is -2.48. The smallest absolute Gasteiger partial charge is 0.416 e. The van der Waals surface area contributed by atoms with Crippen molar-refractivity contribution in [3.05, 3.63) is 83.6 Å². The van der Waals surface area contributed by atoms with Gasteiger partial charge in [-0.15, -0.1) is 0 Å². The van der Waals surface area contributed by atoms with Gasteiger partial charge in [0, 0.05) is 25.1 Å². The molecule has 0 spiro atoms. The SMILES string of the molecule is COC1(c2ccc(NC(=O)c3ccc(Oc4cccc(C(F)(F)F)c4)nc3)cc2)COC1. The number of aromatic nitrogens is 1. The van der Waals surface area contributed by atoms with Gasteiger partial charge in [-0.3, -0.25) is 4.79 Å². The Bertz CT molecular complexity index is 1090. The zero-order chi connectivity index (χ0) is 22.8. The van der Waals surface area contributed by atoms with Gasteiger partial charge in [-0.25, -0.2) is 4.98 Å².